The van der Waals surface area contributed by atoms with Crippen molar-refractivity contribution in [3.05, 3.63) is 70.3 Å². The zero-order valence-corrected chi connectivity index (χ0v) is 17.9. The zero-order chi connectivity index (χ0) is 22.0. The van der Waals surface area contributed by atoms with Crippen molar-refractivity contribution in [2.75, 3.05) is 37.6 Å². The lowest BCUT2D eigenvalue weighted by Crippen LogP contribution is -2.47. The Kier molecular flexibility index (Phi) is 6.30. The molecule has 0 atom stereocenters. The lowest BCUT2D eigenvalue weighted by Gasteiger charge is -2.38. The summed E-state index contributed by atoms with van der Waals surface area (Å²) in [5.41, 5.74) is 4.07. The van der Waals surface area contributed by atoms with Crippen molar-refractivity contribution < 1.29 is 18.7 Å². The van der Waals surface area contributed by atoms with Gasteiger partial charge in [0.25, 0.3) is 5.92 Å². The van der Waals surface area contributed by atoms with Crippen LogP contribution in [0.25, 0.3) is 5.57 Å². The number of carboxylic acid groups (broad SMARTS) is 1. The van der Waals surface area contributed by atoms with E-state index in [1.807, 2.05) is 36.4 Å². The van der Waals surface area contributed by atoms with Gasteiger partial charge in [-0.15, -0.1) is 0 Å². The molecule has 1 aliphatic heterocycles. The van der Waals surface area contributed by atoms with Crippen molar-refractivity contribution in [3.63, 3.8) is 0 Å². The van der Waals surface area contributed by atoms with Crippen molar-refractivity contribution in [2.24, 2.45) is 0 Å². The van der Waals surface area contributed by atoms with E-state index in [4.69, 9.17) is 16.7 Å². The highest BCUT2D eigenvalue weighted by Gasteiger charge is 2.36. The highest BCUT2D eigenvalue weighted by atomic mass is 35.5. The highest BCUT2D eigenvalue weighted by Crippen LogP contribution is 2.41. The van der Waals surface area contributed by atoms with Gasteiger partial charge in [-0.2, -0.15) is 0 Å². The molecule has 1 saturated heterocycles. The smallest absolute Gasteiger partial charge is 0.335 e. The Morgan fingerprint density at radius 3 is 2.26 bits per heavy atom. The SMILES string of the molecule is O=C(O)c1ccc(N2CCN(CC3=C(c4ccc(Cl)cc4)CCC(F)(F)C3)CC2)cc1. The van der Waals surface area contributed by atoms with Crippen LogP contribution in [-0.2, 0) is 0 Å². The Morgan fingerprint density at radius 2 is 1.65 bits per heavy atom. The van der Waals surface area contributed by atoms with Gasteiger partial charge in [0.15, 0.2) is 0 Å². The van der Waals surface area contributed by atoms with Gasteiger partial charge < -0.3 is 10.0 Å². The van der Waals surface area contributed by atoms with E-state index in [-0.39, 0.29) is 18.4 Å². The Morgan fingerprint density at radius 1 is 1.00 bits per heavy atom. The molecule has 4 rings (SSSR count). The van der Waals surface area contributed by atoms with Gasteiger partial charge in [-0.25, -0.2) is 13.6 Å². The van der Waals surface area contributed by atoms with Gasteiger partial charge in [0, 0.05) is 56.3 Å². The van der Waals surface area contributed by atoms with Gasteiger partial charge >= 0.3 is 5.97 Å². The lowest BCUT2D eigenvalue weighted by atomic mass is 9.85. The fraction of sp³-hybridized carbons (Fsp3) is 0.375. The predicted octanol–water partition coefficient (Wildman–Crippen LogP) is 5.43. The summed E-state index contributed by atoms with van der Waals surface area (Å²) in [6.07, 6.45) is 0.0657. The molecule has 7 heteroatoms. The first kappa shape index (κ1) is 21.8. The minimum absolute atomic E-state index is 0.116. The molecule has 1 N–H and O–H groups in total. The first-order valence-electron chi connectivity index (χ1n) is 10.5. The molecule has 1 aliphatic carbocycles. The number of nitrogens with zero attached hydrogens (tertiary/aromatic N) is 2. The zero-order valence-electron chi connectivity index (χ0n) is 17.2. The number of rotatable bonds is 5. The van der Waals surface area contributed by atoms with E-state index in [1.165, 1.54) is 0 Å². The maximum Gasteiger partial charge on any atom is 0.335 e. The lowest BCUT2D eigenvalue weighted by molar-refractivity contribution is -0.0109. The number of piperazine rings is 1. The van der Waals surface area contributed by atoms with E-state index in [0.717, 1.165) is 48.6 Å². The van der Waals surface area contributed by atoms with Gasteiger partial charge in [-0.1, -0.05) is 23.7 Å². The minimum atomic E-state index is -2.65. The maximum absolute atomic E-state index is 14.2. The summed E-state index contributed by atoms with van der Waals surface area (Å²) in [6, 6.07) is 14.3. The Bertz CT molecular complexity index is 966. The fourth-order valence-electron chi connectivity index (χ4n) is 4.39. The molecule has 2 aromatic rings. The largest absolute Gasteiger partial charge is 0.478 e. The summed E-state index contributed by atoms with van der Waals surface area (Å²) in [5, 5.41) is 9.68. The number of benzene rings is 2. The summed E-state index contributed by atoms with van der Waals surface area (Å²) in [4.78, 5) is 15.5. The molecule has 0 aromatic heterocycles. The van der Waals surface area contributed by atoms with Crippen molar-refractivity contribution in [1.82, 2.24) is 4.90 Å². The highest BCUT2D eigenvalue weighted by molar-refractivity contribution is 6.30. The van der Waals surface area contributed by atoms with E-state index in [0.29, 0.717) is 18.0 Å². The average Bonchev–Trinajstić information content (AvgIpc) is 2.75. The van der Waals surface area contributed by atoms with Gasteiger partial charge in [0.2, 0.25) is 0 Å². The molecule has 2 aromatic carbocycles. The fourth-order valence-corrected chi connectivity index (χ4v) is 4.52. The van der Waals surface area contributed by atoms with Crippen LogP contribution in [0.15, 0.2) is 54.1 Å². The normalized spacial score (nSPS) is 19.5. The number of hydrogen-bond acceptors (Lipinski definition) is 3. The van der Waals surface area contributed by atoms with E-state index < -0.39 is 11.9 Å². The van der Waals surface area contributed by atoms with E-state index in [2.05, 4.69) is 9.80 Å². The third-order valence-electron chi connectivity index (χ3n) is 6.10. The van der Waals surface area contributed by atoms with Crippen LogP contribution >= 0.6 is 11.6 Å². The first-order valence-corrected chi connectivity index (χ1v) is 10.8. The Hall–Kier alpha value is -2.44. The van der Waals surface area contributed by atoms with Gasteiger partial charge in [0.1, 0.15) is 0 Å². The average molecular weight is 447 g/mol. The summed E-state index contributed by atoms with van der Waals surface area (Å²) in [6.45, 7) is 3.62. The monoisotopic (exact) mass is 446 g/mol. The number of carboxylic acids is 1. The van der Waals surface area contributed by atoms with Crippen LogP contribution in [0.3, 0.4) is 0 Å². The standard InChI is InChI=1S/C24H25ClF2N2O2/c25-20-5-1-17(2-6-20)22-9-10-24(26,27)15-19(22)16-28-11-13-29(14-12-28)21-7-3-18(4-8-21)23(30)31/h1-8H,9-16H2,(H,30,31). The van der Waals surface area contributed by atoms with Crippen LogP contribution in [0.2, 0.25) is 5.02 Å². The summed E-state index contributed by atoms with van der Waals surface area (Å²) >= 11 is 6.00. The van der Waals surface area contributed by atoms with Crippen molar-refractivity contribution in [2.45, 2.75) is 25.2 Å². The predicted molar refractivity (Wildman–Crippen MR) is 119 cm³/mol. The van der Waals surface area contributed by atoms with E-state index in [1.54, 1.807) is 12.1 Å². The molecule has 1 fully saturated rings. The molecule has 0 spiro atoms. The van der Waals surface area contributed by atoms with Crippen LogP contribution in [0.4, 0.5) is 14.5 Å². The summed E-state index contributed by atoms with van der Waals surface area (Å²) < 4.78 is 28.4. The van der Waals surface area contributed by atoms with E-state index in [9.17, 15) is 13.6 Å². The third kappa shape index (κ3) is 5.25. The number of anilines is 1. The second-order valence-corrected chi connectivity index (χ2v) is 8.67. The molecule has 0 bridgehead atoms. The summed E-state index contributed by atoms with van der Waals surface area (Å²) in [5.74, 6) is -3.59. The topological polar surface area (TPSA) is 43.8 Å². The molecule has 31 heavy (non-hydrogen) atoms. The molecule has 0 unspecified atom stereocenters. The third-order valence-corrected chi connectivity index (χ3v) is 6.35. The minimum Gasteiger partial charge on any atom is -0.478 e. The second kappa shape index (κ2) is 8.97. The number of aromatic carboxylic acids is 1. The van der Waals surface area contributed by atoms with E-state index >= 15 is 0 Å². The van der Waals surface area contributed by atoms with Crippen molar-refractivity contribution in [3.8, 4) is 0 Å². The number of hydrogen-bond donors (Lipinski definition) is 1. The second-order valence-electron chi connectivity index (χ2n) is 8.24. The molecule has 0 radical (unpaired) electrons. The molecule has 0 saturated carbocycles. The maximum atomic E-state index is 14.2. The number of halogens is 3. The van der Waals surface area contributed by atoms with Crippen LogP contribution in [-0.4, -0.2) is 54.6 Å². The van der Waals surface area contributed by atoms with Crippen LogP contribution in [0, 0.1) is 0 Å². The number of allylic oxidation sites excluding steroid dienone is 1. The van der Waals surface area contributed by atoms with Crippen LogP contribution in [0.1, 0.15) is 35.2 Å². The van der Waals surface area contributed by atoms with Gasteiger partial charge in [-0.05, 0) is 59.5 Å². The Labute approximate surface area is 185 Å². The molecular formula is C24H25ClF2N2O2. The quantitative estimate of drug-likeness (QED) is 0.664. The molecular weight excluding hydrogens is 422 g/mol. The number of carbonyl (C=O) groups is 1. The van der Waals surface area contributed by atoms with Crippen molar-refractivity contribution in [1.29, 1.82) is 0 Å². The first-order chi connectivity index (χ1) is 14.8. The molecule has 0 amide bonds. The molecule has 4 nitrogen and oxygen atoms in total. The van der Waals surface area contributed by atoms with Crippen LogP contribution < -0.4 is 4.90 Å². The molecule has 2 aliphatic rings. The molecule has 1 heterocycles. The van der Waals surface area contributed by atoms with Gasteiger partial charge in [0.05, 0.1) is 5.56 Å². The Balaban J connectivity index is 1.45. The van der Waals surface area contributed by atoms with Crippen LogP contribution in [0.5, 0.6) is 0 Å². The van der Waals surface area contributed by atoms with Gasteiger partial charge in [-0.3, -0.25) is 4.90 Å². The molecule has 164 valence electrons. The van der Waals surface area contributed by atoms with Crippen molar-refractivity contribution >= 4 is 28.8 Å². The summed E-state index contributed by atoms with van der Waals surface area (Å²) in [7, 11) is 0. The number of alkyl halides is 2.